The number of carbonyl (C=O) groups excluding carboxylic acids is 1. The molecule has 0 saturated carbocycles. The molecule has 0 spiro atoms. The maximum absolute atomic E-state index is 10.8. The average molecular weight is 231 g/mol. The van der Waals surface area contributed by atoms with Crippen LogP contribution in [0.2, 0.25) is 0 Å². The first kappa shape index (κ1) is 11.2. The second-order valence-corrected chi connectivity index (χ2v) is 4.72. The Hall–Kier alpha value is -0.880. The van der Waals surface area contributed by atoms with E-state index in [-0.39, 0.29) is 5.12 Å². The molecule has 1 aromatic heterocycles. The summed E-state index contributed by atoms with van der Waals surface area (Å²) in [5.41, 5.74) is 2.36. The summed E-state index contributed by atoms with van der Waals surface area (Å²) in [7, 11) is 0. The fraction of sp³-hybridized carbons (Fsp3) is 0.375. The maximum atomic E-state index is 10.8. The molecule has 1 aromatic rings. The number of rotatable bonds is 4. The van der Waals surface area contributed by atoms with E-state index in [1.54, 1.807) is 10.9 Å². The third-order valence-corrected chi connectivity index (χ3v) is 3.08. The summed E-state index contributed by atoms with van der Waals surface area (Å²) in [6, 6.07) is 0. The van der Waals surface area contributed by atoms with Gasteiger partial charge >= 0.3 is 5.97 Å². The highest BCUT2D eigenvalue weighted by molar-refractivity contribution is 8.14. The molecule has 0 aliphatic heterocycles. The highest BCUT2D eigenvalue weighted by Crippen LogP contribution is 2.17. The van der Waals surface area contributed by atoms with Crippen molar-refractivity contribution in [3.05, 3.63) is 16.6 Å². The normalized spacial score (nSPS) is 12.4. The molecule has 0 amide bonds. The Morgan fingerprint density at radius 3 is 2.86 bits per heavy atom. The van der Waals surface area contributed by atoms with Gasteiger partial charge in [0.2, 0.25) is 0 Å². The van der Waals surface area contributed by atoms with Gasteiger partial charge < -0.3 is 5.11 Å². The van der Waals surface area contributed by atoms with Crippen LogP contribution in [0.15, 0.2) is 10.9 Å². The number of hydrogen-bond acceptors (Lipinski definition) is 5. The molecule has 0 aromatic carbocycles. The van der Waals surface area contributed by atoms with E-state index in [2.05, 4.69) is 4.98 Å². The van der Waals surface area contributed by atoms with Crippen LogP contribution in [0.1, 0.15) is 12.6 Å². The van der Waals surface area contributed by atoms with Gasteiger partial charge in [-0.25, -0.2) is 4.98 Å². The first-order valence-electron chi connectivity index (χ1n) is 3.86. The molecular formula is C8H9NO3S2. The van der Waals surface area contributed by atoms with Gasteiger partial charge in [-0.15, -0.1) is 11.3 Å². The number of nitrogens with zero attached hydrogens (tertiary/aromatic N) is 1. The van der Waals surface area contributed by atoms with E-state index in [9.17, 15) is 9.59 Å². The molecule has 1 atom stereocenters. The molecule has 0 aliphatic rings. The Kier molecular flexibility index (Phi) is 4.09. The lowest BCUT2D eigenvalue weighted by atomic mass is 10.2. The predicted molar refractivity (Wildman–Crippen MR) is 55.5 cm³/mol. The van der Waals surface area contributed by atoms with Crippen molar-refractivity contribution < 1.29 is 14.7 Å². The SMILES string of the molecule is CC(=O)S[C@@H](Cc1cscn1)C(=O)O. The van der Waals surface area contributed by atoms with Gasteiger partial charge in [0.05, 0.1) is 11.2 Å². The second-order valence-electron chi connectivity index (χ2n) is 2.62. The Morgan fingerprint density at radius 2 is 2.43 bits per heavy atom. The molecule has 0 aliphatic carbocycles. The van der Waals surface area contributed by atoms with E-state index in [0.29, 0.717) is 6.42 Å². The average Bonchev–Trinajstić information content (AvgIpc) is 2.54. The Balaban J connectivity index is 2.60. The first-order chi connectivity index (χ1) is 6.59. The molecule has 0 unspecified atom stereocenters. The van der Waals surface area contributed by atoms with Crippen LogP contribution in [-0.2, 0) is 16.0 Å². The van der Waals surface area contributed by atoms with Crippen molar-refractivity contribution in [3.8, 4) is 0 Å². The zero-order chi connectivity index (χ0) is 10.6. The van der Waals surface area contributed by atoms with Crippen LogP contribution in [0.3, 0.4) is 0 Å². The molecule has 0 saturated heterocycles. The molecule has 1 heterocycles. The molecule has 0 bridgehead atoms. The fourth-order valence-corrected chi connectivity index (χ4v) is 2.23. The monoisotopic (exact) mass is 231 g/mol. The van der Waals surface area contributed by atoms with Crippen LogP contribution in [0.25, 0.3) is 0 Å². The van der Waals surface area contributed by atoms with E-state index in [0.717, 1.165) is 17.5 Å². The van der Waals surface area contributed by atoms with E-state index in [4.69, 9.17) is 5.11 Å². The van der Waals surface area contributed by atoms with Crippen molar-refractivity contribution in [2.24, 2.45) is 0 Å². The van der Waals surface area contributed by atoms with Gasteiger partial charge in [0, 0.05) is 18.7 Å². The number of aromatic nitrogens is 1. The fourth-order valence-electron chi connectivity index (χ4n) is 0.908. The maximum Gasteiger partial charge on any atom is 0.317 e. The molecule has 0 fully saturated rings. The predicted octanol–water partition coefficient (Wildman–Crippen LogP) is 1.42. The zero-order valence-corrected chi connectivity index (χ0v) is 9.10. The Morgan fingerprint density at radius 1 is 1.71 bits per heavy atom. The summed E-state index contributed by atoms with van der Waals surface area (Å²) in [6.45, 7) is 1.36. The van der Waals surface area contributed by atoms with Crippen LogP contribution in [-0.4, -0.2) is 26.4 Å². The Bertz CT molecular complexity index is 323. The van der Waals surface area contributed by atoms with E-state index < -0.39 is 11.2 Å². The quantitative estimate of drug-likeness (QED) is 0.848. The molecule has 0 radical (unpaired) electrons. The minimum absolute atomic E-state index is 0.187. The Labute approximate surface area is 89.4 Å². The molecule has 76 valence electrons. The summed E-state index contributed by atoms with van der Waals surface area (Å²) >= 11 is 2.25. The molecule has 1 rings (SSSR count). The first-order valence-corrected chi connectivity index (χ1v) is 5.69. The lowest BCUT2D eigenvalue weighted by Gasteiger charge is -2.07. The lowest BCUT2D eigenvalue weighted by Crippen LogP contribution is -2.20. The van der Waals surface area contributed by atoms with Crippen LogP contribution in [0, 0.1) is 0 Å². The largest absolute Gasteiger partial charge is 0.480 e. The number of carbonyl (C=O) groups is 2. The van der Waals surface area contributed by atoms with Gasteiger partial charge in [-0.05, 0) is 0 Å². The van der Waals surface area contributed by atoms with Crippen molar-refractivity contribution in [1.82, 2.24) is 4.98 Å². The van der Waals surface area contributed by atoms with E-state index in [1.165, 1.54) is 18.3 Å². The van der Waals surface area contributed by atoms with Crippen molar-refractivity contribution >= 4 is 34.2 Å². The minimum Gasteiger partial charge on any atom is -0.480 e. The third-order valence-electron chi connectivity index (χ3n) is 1.46. The van der Waals surface area contributed by atoms with Crippen molar-refractivity contribution in [1.29, 1.82) is 0 Å². The van der Waals surface area contributed by atoms with Crippen LogP contribution < -0.4 is 0 Å². The number of aliphatic carboxylic acids is 1. The molecule has 14 heavy (non-hydrogen) atoms. The van der Waals surface area contributed by atoms with Gasteiger partial charge in [-0.2, -0.15) is 0 Å². The van der Waals surface area contributed by atoms with Crippen LogP contribution in [0.4, 0.5) is 0 Å². The molecular weight excluding hydrogens is 222 g/mol. The van der Waals surface area contributed by atoms with Gasteiger partial charge in [-0.3, -0.25) is 9.59 Å². The molecule has 4 nitrogen and oxygen atoms in total. The number of hydrogen-bond donors (Lipinski definition) is 1. The number of thiazole rings is 1. The number of thioether (sulfide) groups is 1. The zero-order valence-electron chi connectivity index (χ0n) is 7.47. The summed E-state index contributed by atoms with van der Waals surface area (Å²) in [4.78, 5) is 25.5. The van der Waals surface area contributed by atoms with Gasteiger partial charge in [0.15, 0.2) is 5.12 Å². The summed E-state index contributed by atoms with van der Waals surface area (Å²) in [5, 5.41) is 9.70. The summed E-state index contributed by atoms with van der Waals surface area (Å²) in [6.07, 6.45) is 0.295. The van der Waals surface area contributed by atoms with Gasteiger partial charge in [0.25, 0.3) is 0 Å². The van der Waals surface area contributed by atoms with E-state index >= 15 is 0 Å². The molecule has 1 N–H and O–H groups in total. The summed E-state index contributed by atoms with van der Waals surface area (Å²) < 4.78 is 0. The highest BCUT2D eigenvalue weighted by atomic mass is 32.2. The minimum atomic E-state index is -0.974. The van der Waals surface area contributed by atoms with Crippen molar-refractivity contribution in [3.63, 3.8) is 0 Å². The lowest BCUT2D eigenvalue weighted by molar-refractivity contribution is -0.136. The topological polar surface area (TPSA) is 67.3 Å². The van der Waals surface area contributed by atoms with Crippen molar-refractivity contribution in [2.45, 2.75) is 18.6 Å². The standard InChI is InChI=1S/C8H9NO3S2/c1-5(10)14-7(8(11)12)2-6-3-13-4-9-6/h3-4,7H,2H2,1H3,(H,11,12)/t7-/m0/s1. The van der Waals surface area contributed by atoms with Crippen LogP contribution in [0.5, 0.6) is 0 Å². The second kappa shape index (κ2) is 5.11. The van der Waals surface area contributed by atoms with Gasteiger partial charge in [-0.1, -0.05) is 11.8 Å². The van der Waals surface area contributed by atoms with Crippen molar-refractivity contribution in [2.75, 3.05) is 0 Å². The highest BCUT2D eigenvalue weighted by Gasteiger charge is 2.21. The van der Waals surface area contributed by atoms with Gasteiger partial charge in [0.1, 0.15) is 5.25 Å². The molecule has 6 heteroatoms. The number of carboxylic acid groups (broad SMARTS) is 1. The summed E-state index contributed by atoms with van der Waals surface area (Å²) in [5.74, 6) is -0.974. The van der Waals surface area contributed by atoms with Crippen LogP contribution >= 0.6 is 23.1 Å². The number of carboxylic acids is 1. The van der Waals surface area contributed by atoms with E-state index in [1.807, 2.05) is 0 Å². The third kappa shape index (κ3) is 3.47. The smallest absolute Gasteiger partial charge is 0.317 e.